The second-order valence-electron chi connectivity index (χ2n) is 5.43. The fourth-order valence-corrected chi connectivity index (χ4v) is 2.68. The van der Waals surface area contributed by atoms with Crippen molar-refractivity contribution in [1.29, 1.82) is 0 Å². The van der Waals surface area contributed by atoms with Crippen molar-refractivity contribution in [1.82, 2.24) is 9.80 Å². The van der Waals surface area contributed by atoms with Crippen LogP contribution in [0.4, 0.5) is 0 Å². The lowest BCUT2D eigenvalue weighted by atomic mass is 10.0. The van der Waals surface area contributed by atoms with Crippen molar-refractivity contribution in [3.8, 4) is 0 Å². The second kappa shape index (κ2) is 9.94. The summed E-state index contributed by atoms with van der Waals surface area (Å²) >= 11 is 0. The molecule has 1 aliphatic rings. The van der Waals surface area contributed by atoms with Crippen molar-refractivity contribution >= 4 is 5.91 Å². The summed E-state index contributed by atoms with van der Waals surface area (Å²) in [7, 11) is 0. The Hall–Kier alpha value is -0.870. The van der Waals surface area contributed by atoms with Crippen molar-refractivity contribution in [2.75, 3.05) is 32.8 Å². The first-order chi connectivity index (χ1) is 9.72. The third-order valence-corrected chi connectivity index (χ3v) is 3.83. The van der Waals surface area contributed by atoms with Gasteiger partial charge in [0.1, 0.15) is 0 Å². The van der Waals surface area contributed by atoms with Crippen molar-refractivity contribution in [3.63, 3.8) is 0 Å². The van der Waals surface area contributed by atoms with Crippen molar-refractivity contribution < 1.29 is 9.90 Å². The Labute approximate surface area is 123 Å². The van der Waals surface area contributed by atoms with Gasteiger partial charge in [0, 0.05) is 18.8 Å². The third-order valence-electron chi connectivity index (χ3n) is 3.83. The van der Waals surface area contributed by atoms with E-state index in [1.165, 1.54) is 18.5 Å². The van der Waals surface area contributed by atoms with Crippen LogP contribution in [0.3, 0.4) is 0 Å². The number of likely N-dealkylation sites (N-methyl/N-ethyl adjacent to an activating group) is 1. The first-order valence-corrected chi connectivity index (χ1v) is 8.05. The molecule has 116 valence electrons. The number of amides is 1. The Balaban J connectivity index is 2.57. The lowest BCUT2D eigenvalue weighted by Crippen LogP contribution is -2.41. The molecule has 4 heteroatoms. The summed E-state index contributed by atoms with van der Waals surface area (Å²) in [6.07, 6.45) is 8.94. The molecule has 0 saturated carbocycles. The van der Waals surface area contributed by atoms with Gasteiger partial charge in [-0.2, -0.15) is 0 Å². The van der Waals surface area contributed by atoms with Crippen LogP contribution in [0, 0.1) is 0 Å². The molecule has 0 unspecified atom stereocenters. The number of unbranched alkanes of at least 4 members (excludes halogenated alkanes) is 1. The highest BCUT2D eigenvalue weighted by Gasteiger charge is 2.19. The van der Waals surface area contributed by atoms with Crippen LogP contribution in [0.25, 0.3) is 0 Å². The molecule has 0 spiro atoms. The maximum atomic E-state index is 12.5. The van der Waals surface area contributed by atoms with Gasteiger partial charge in [-0.1, -0.05) is 19.4 Å². The molecule has 0 atom stereocenters. The summed E-state index contributed by atoms with van der Waals surface area (Å²) in [6.45, 7) is 6.94. The van der Waals surface area contributed by atoms with Crippen LogP contribution in [0.2, 0.25) is 0 Å². The van der Waals surface area contributed by atoms with Crippen LogP contribution >= 0.6 is 0 Å². The Kier molecular flexibility index (Phi) is 8.54. The number of allylic oxidation sites excluding steroid dienone is 2. The van der Waals surface area contributed by atoms with Gasteiger partial charge in [-0.05, 0) is 45.6 Å². The first kappa shape index (κ1) is 17.2. The molecular formula is C16H30N2O2. The van der Waals surface area contributed by atoms with Crippen LogP contribution in [-0.2, 0) is 4.79 Å². The monoisotopic (exact) mass is 282 g/mol. The molecule has 0 fully saturated rings. The minimum Gasteiger partial charge on any atom is -0.395 e. The zero-order valence-electron chi connectivity index (χ0n) is 13.1. The van der Waals surface area contributed by atoms with E-state index in [0.717, 1.165) is 38.8 Å². The lowest BCUT2D eigenvalue weighted by Gasteiger charge is -2.29. The van der Waals surface area contributed by atoms with E-state index < -0.39 is 0 Å². The largest absolute Gasteiger partial charge is 0.395 e. The van der Waals surface area contributed by atoms with Crippen LogP contribution < -0.4 is 0 Å². The molecule has 0 aliphatic heterocycles. The van der Waals surface area contributed by atoms with E-state index in [-0.39, 0.29) is 12.5 Å². The summed E-state index contributed by atoms with van der Waals surface area (Å²) in [5.41, 5.74) is 1.20. The summed E-state index contributed by atoms with van der Waals surface area (Å²) in [5.74, 6) is 0.171. The van der Waals surface area contributed by atoms with E-state index in [2.05, 4.69) is 17.9 Å². The number of carbonyl (C=O) groups excluding carboxylic acids is 1. The minimum absolute atomic E-state index is 0.117. The van der Waals surface area contributed by atoms with Crippen molar-refractivity contribution in [2.24, 2.45) is 0 Å². The maximum absolute atomic E-state index is 12.5. The molecule has 20 heavy (non-hydrogen) atoms. The normalized spacial score (nSPS) is 15.3. The number of hydrogen-bond donors (Lipinski definition) is 1. The van der Waals surface area contributed by atoms with Crippen molar-refractivity contribution in [3.05, 3.63) is 11.8 Å². The summed E-state index contributed by atoms with van der Waals surface area (Å²) in [6, 6.07) is 0. The predicted molar refractivity (Wildman–Crippen MR) is 82.4 cm³/mol. The molecule has 0 aromatic carbocycles. The van der Waals surface area contributed by atoms with Crippen LogP contribution in [0.15, 0.2) is 11.8 Å². The van der Waals surface area contributed by atoms with Gasteiger partial charge in [0.25, 0.3) is 0 Å². The van der Waals surface area contributed by atoms with Gasteiger partial charge in [0.2, 0.25) is 5.91 Å². The van der Waals surface area contributed by atoms with E-state index in [1.807, 2.05) is 11.8 Å². The summed E-state index contributed by atoms with van der Waals surface area (Å²) in [5, 5.41) is 9.12. The number of aliphatic hydroxyl groups excluding tert-OH is 1. The molecular weight excluding hydrogens is 252 g/mol. The number of aliphatic hydroxyl groups is 1. The molecule has 1 rings (SSSR count). The highest BCUT2D eigenvalue weighted by Crippen LogP contribution is 2.21. The number of nitrogens with zero attached hydrogens (tertiary/aromatic N) is 2. The molecule has 1 aliphatic carbocycles. The van der Waals surface area contributed by atoms with Crippen LogP contribution in [-0.4, -0.2) is 53.6 Å². The van der Waals surface area contributed by atoms with Crippen LogP contribution in [0.5, 0.6) is 0 Å². The van der Waals surface area contributed by atoms with Gasteiger partial charge >= 0.3 is 0 Å². The fourth-order valence-electron chi connectivity index (χ4n) is 2.68. The van der Waals surface area contributed by atoms with Gasteiger partial charge < -0.3 is 10.0 Å². The smallest absolute Gasteiger partial charge is 0.240 e. The van der Waals surface area contributed by atoms with Gasteiger partial charge in [-0.15, -0.1) is 0 Å². The average molecular weight is 282 g/mol. The Morgan fingerprint density at radius 1 is 1.30 bits per heavy atom. The standard InChI is InChI=1S/C16H30N2O2/c1-3-5-11-17(12-13-19)14-16(20)18(4-2)15-9-7-6-8-10-15/h9,19H,3-8,10-14H2,1-2H3. The Bertz CT molecular complexity index is 316. The molecule has 4 nitrogen and oxygen atoms in total. The SMILES string of the molecule is CCCCN(CCO)CC(=O)N(CC)C1=CCCCC1. The van der Waals surface area contributed by atoms with E-state index in [0.29, 0.717) is 13.1 Å². The highest BCUT2D eigenvalue weighted by atomic mass is 16.3. The van der Waals surface area contributed by atoms with E-state index in [4.69, 9.17) is 5.11 Å². The lowest BCUT2D eigenvalue weighted by molar-refractivity contribution is -0.130. The van der Waals surface area contributed by atoms with E-state index >= 15 is 0 Å². The second-order valence-corrected chi connectivity index (χ2v) is 5.43. The minimum atomic E-state index is 0.117. The molecule has 1 N–H and O–H groups in total. The number of carbonyl (C=O) groups is 1. The van der Waals surface area contributed by atoms with Crippen LogP contribution in [0.1, 0.15) is 52.4 Å². The molecule has 1 amide bonds. The summed E-state index contributed by atoms with van der Waals surface area (Å²) in [4.78, 5) is 16.5. The molecule has 0 aromatic rings. The first-order valence-electron chi connectivity index (χ1n) is 8.05. The average Bonchev–Trinajstić information content (AvgIpc) is 2.47. The van der Waals surface area contributed by atoms with Gasteiger partial charge in [-0.25, -0.2) is 0 Å². The zero-order chi connectivity index (χ0) is 14.8. The molecule has 0 aromatic heterocycles. The van der Waals surface area contributed by atoms with Gasteiger partial charge in [-0.3, -0.25) is 9.69 Å². The molecule has 0 bridgehead atoms. The molecule has 0 heterocycles. The Morgan fingerprint density at radius 2 is 2.10 bits per heavy atom. The predicted octanol–water partition coefficient (Wildman–Crippen LogP) is 2.39. The molecule has 0 radical (unpaired) electrons. The fraction of sp³-hybridized carbons (Fsp3) is 0.812. The van der Waals surface area contributed by atoms with Gasteiger partial charge in [0.05, 0.1) is 13.2 Å². The molecule has 0 saturated heterocycles. The highest BCUT2D eigenvalue weighted by molar-refractivity contribution is 5.80. The van der Waals surface area contributed by atoms with E-state index in [9.17, 15) is 4.79 Å². The Morgan fingerprint density at radius 3 is 2.65 bits per heavy atom. The zero-order valence-corrected chi connectivity index (χ0v) is 13.1. The van der Waals surface area contributed by atoms with Gasteiger partial charge in [0.15, 0.2) is 0 Å². The number of hydrogen-bond acceptors (Lipinski definition) is 3. The number of rotatable bonds is 9. The van der Waals surface area contributed by atoms with Crippen molar-refractivity contribution in [2.45, 2.75) is 52.4 Å². The maximum Gasteiger partial charge on any atom is 0.240 e. The quantitative estimate of drug-likeness (QED) is 0.706. The topological polar surface area (TPSA) is 43.8 Å². The van der Waals surface area contributed by atoms with E-state index in [1.54, 1.807) is 0 Å². The summed E-state index contributed by atoms with van der Waals surface area (Å²) < 4.78 is 0. The third kappa shape index (κ3) is 5.63.